The van der Waals surface area contributed by atoms with Gasteiger partial charge in [0, 0.05) is 35.8 Å². The summed E-state index contributed by atoms with van der Waals surface area (Å²) in [6, 6.07) is 13.2. The molecule has 4 aromatic rings. The average molecular weight is 509 g/mol. The summed E-state index contributed by atoms with van der Waals surface area (Å²) >= 11 is 5.91. The minimum absolute atomic E-state index is 0.0584. The number of halogens is 2. The predicted molar refractivity (Wildman–Crippen MR) is 132 cm³/mol. The molecule has 3 heterocycles. The summed E-state index contributed by atoms with van der Waals surface area (Å²) in [5, 5.41) is 7.95. The Morgan fingerprint density at radius 1 is 1.14 bits per heavy atom. The van der Waals surface area contributed by atoms with E-state index in [9.17, 15) is 18.8 Å². The second kappa shape index (κ2) is 9.90. The first-order chi connectivity index (χ1) is 17.4. The first-order valence-electron chi connectivity index (χ1n) is 11.4. The Morgan fingerprint density at radius 3 is 2.69 bits per heavy atom. The number of carbonyl (C=O) groups is 2. The van der Waals surface area contributed by atoms with Gasteiger partial charge in [0.05, 0.1) is 25.2 Å². The molecular weight excluding hydrogens is 487 g/mol. The van der Waals surface area contributed by atoms with Crippen LogP contribution in [0.25, 0.3) is 11.0 Å². The lowest BCUT2D eigenvalue weighted by Gasteiger charge is -2.16. The highest BCUT2D eigenvalue weighted by Gasteiger charge is 2.35. The number of amides is 2. The number of nitrogens with zero attached hydrogens (tertiary/aromatic N) is 5. The SMILES string of the molecule is O=C(NCCn1ncc2c(=O)n(Cc3ccccc3F)cnc21)C1CC(=O)N(c2ccc(Cl)cc2)C1. The topological polar surface area (TPSA) is 102 Å². The van der Waals surface area contributed by atoms with Crippen LogP contribution in [0.3, 0.4) is 0 Å². The van der Waals surface area contributed by atoms with E-state index in [1.165, 1.54) is 27.8 Å². The number of benzene rings is 2. The first-order valence-corrected chi connectivity index (χ1v) is 11.8. The summed E-state index contributed by atoms with van der Waals surface area (Å²) in [7, 11) is 0. The lowest BCUT2D eigenvalue weighted by Crippen LogP contribution is -2.35. The van der Waals surface area contributed by atoms with Gasteiger partial charge in [-0.2, -0.15) is 5.10 Å². The Balaban J connectivity index is 1.20. The van der Waals surface area contributed by atoms with Crippen LogP contribution in [0.4, 0.5) is 10.1 Å². The summed E-state index contributed by atoms with van der Waals surface area (Å²) in [4.78, 5) is 43.8. The number of aromatic nitrogens is 4. The number of hydrogen-bond acceptors (Lipinski definition) is 5. The molecule has 1 fully saturated rings. The van der Waals surface area contributed by atoms with Gasteiger partial charge in [0.1, 0.15) is 17.5 Å². The van der Waals surface area contributed by atoms with Crippen LogP contribution >= 0.6 is 11.6 Å². The lowest BCUT2D eigenvalue weighted by molar-refractivity contribution is -0.126. The normalized spacial score (nSPS) is 15.6. The third-order valence-corrected chi connectivity index (χ3v) is 6.43. The predicted octanol–water partition coefficient (Wildman–Crippen LogP) is 2.60. The van der Waals surface area contributed by atoms with Gasteiger partial charge in [-0.05, 0) is 30.3 Å². The van der Waals surface area contributed by atoms with Crippen molar-refractivity contribution >= 4 is 40.1 Å². The van der Waals surface area contributed by atoms with Gasteiger partial charge in [0.25, 0.3) is 5.56 Å². The number of anilines is 1. The van der Waals surface area contributed by atoms with Crippen molar-refractivity contribution in [3.05, 3.63) is 87.8 Å². The quantitative estimate of drug-likeness (QED) is 0.413. The Bertz CT molecular complexity index is 1500. The highest BCUT2D eigenvalue weighted by molar-refractivity contribution is 6.30. The third-order valence-electron chi connectivity index (χ3n) is 6.18. The van der Waals surface area contributed by atoms with Crippen molar-refractivity contribution in [1.82, 2.24) is 24.6 Å². The van der Waals surface area contributed by atoms with Gasteiger partial charge < -0.3 is 10.2 Å². The highest BCUT2D eigenvalue weighted by atomic mass is 35.5. The van der Waals surface area contributed by atoms with Crippen molar-refractivity contribution in [3.63, 3.8) is 0 Å². The molecule has 1 saturated heterocycles. The number of rotatable bonds is 7. The maximum absolute atomic E-state index is 14.0. The second-order valence-corrected chi connectivity index (χ2v) is 8.98. The maximum atomic E-state index is 14.0. The van der Waals surface area contributed by atoms with Gasteiger partial charge in [-0.15, -0.1) is 0 Å². The minimum Gasteiger partial charge on any atom is -0.354 e. The van der Waals surface area contributed by atoms with E-state index < -0.39 is 11.7 Å². The van der Waals surface area contributed by atoms with Crippen LogP contribution in [0.1, 0.15) is 12.0 Å². The molecule has 0 saturated carbocycles. The zero-order valence-electron chi connectivity index (χ0n) is 19.1. The standard InChI is InChI=1S/C25H22ClFN6O3/c26-18-5-7-19(8-6-18)32-14-17(11-22(32)34)24(35)28-9-10-33-23-20(12-30-33)25(36)31(15-29-23)13-16-3-1-2-4-21(16)27/h1-8,12,15,17H,9-11,13-14H2,(H,28,35). The van der Waals surface area contributed by atoms with Gasteiger partial charge in [0.2, 0.25) is 11.8 Å². The molecule has 0 aliphatic carbocycles. The fourth-order valence-corrected chi connectivity index (χ4v) is 4.39. The van der Waals surface area contributed by atoms with E-state index in [2.05, 4.69) is 15.4 Å². The molecule has 36 heavy (non-hydrogen) atoms. The molecule has 0 radical (unpaired) electrons. The zero-order chi connectivity index (χ0) is 25.2. The van der Waals surface area contributed by atoms with Crippen LogP contribution in [-0.2, 0) is 22.7 Å². The van der Waals surface area contributed by atoms with Crippen LogP contribution in [0.5, 0.6) is 0 Å². The van der Waals surface area contributed by atoms with Gasteiger partial charge in [-0.25, -0.2) is 14.1 Å². The van der Waals surface area contributed by atoms with E-state index in [1.54, 1.807) is 47.4 Å². The fourth-order valence-electron chi connectivity index (χ4n) is 4.27. The Labute approximate surface area is 210 Å². The van der Waals surface area contributed by atoms with Crippen molar-refractivity contribution in [3.8, 4) is 0 Å². The van der Waals surface area contributed by atoms with Crippen LogP contribution < -0.4 is 15.8 Å². The maximum Gasteiger partial charge on any atom is 0.264 e. The molecule has 1 aliphatic rings. The van der Waals surface area contributed by atoms with E-state index in [4.69, 9.17) is 11.6 Å². The van der Waals surface area contributed by atoms with Gasteiger partial charge >= 0.3 is 0 Å². The number of fused-ring (bicyclic) bond motifs is 1. The summed E-state index contributed by atoms with van der Waals surface area (Å²) in [6.45, 7) is 0.894. The van der Waals surface area contributed by atoms with Crippen molar-refractivity contribution in [2.75, 3.05) is 18.0 Å². The van der Waals surface area contributed by atoms with E-state index in [0.717, 1.165) is 0 Å². The van der Waals surface area contributed by atoms with Crippen molar-refractivity contribution in [2.45, 2.75) is 19.5 Å². The molecule has 11 heteroatoms. The van der Waals surface area contributed by atoms with Crippen molar-refractivity contribution in [2.24, 2.45) is 5.92 Å². The van der Waals surface area contributed by atoms with Gasteiger partial charge in [0.15, 0.2) is 5.65 Å². The second-order valence-electron chi connectivity index (χ2n) is 8.55. The summed E-state index contributed by atoms with van der Waals surface area (Å²) in [5.41, 5.74) is 1.14. The average Bonchev–Trinajstić information content (AvgIpc) is 3.47. The number of hydrogen-bond donors (Lipinski definition) is 1. The van der Waals surface area contributed by atoms with E-state index in [1.807, 2.05) is 0 Å². The number of carbonyl (C=O) groups excluding carboxylic acids is 2. The smallest absolute Gasteiger partial charge is 0.264 e. The molecule has 5 rings (SSSR count). The number of nitrogens with one attached hydrogen (secondary N) is 1. The Hall–Kier alpha value is -4.05. The van der Waals surface area contributed by atoms with Gasteiger partial charge in [-0.3, -0.25) is 19.0 Å². The largest absolute Gasteiger partial charge is 0.354 e. The molecular formula is C25H22ClFN6O3. The van der Waals surface area contributed by atoms with Crippen molar-refractivity contribution < 1.29 is 14.0 Å². The van der Waals surface area contributed by atoms with E-state index in [-0.39, 0.29) is 36.9 Å². The fraction of sp³-hybridized carbons (Fsp3) is 0.240. The van der Waals surface area contributed by atoms with Crippen LogP contribution in [0, 0.1) is 11.7 Å². The molecule has 2 aromatic heterocycles. The molecule has 1 N–H and O–H groups in total. The molecule has 2 aromatic carbocycles. The molecule has 1 atom stereocenters. The molecule has 1 aliphatic heterocycles. The highest BCUT2D eigenvalue weighted by Crippen LogP contribution is 2.26. The molecule has 2 amide bonds. The molecule has 9 nitrogen and oxygen atoms in total. The molecule has 1 unspecified atom stereocenters. The molecule has 0 spiro atoms. The van der Waals surface area contributed by atoms with Gasteiger partial charge in [-0.1, -0.05) is 29.8 Å². The summed E-state index contributed by atoms with van der Waals surface area (Å²) in [5.74, 6) is -1.20. The van der Waals surface area contributed by atoms with Crippen LogP contribution in [-0.4, -0.2) is 44.2 Å². The van der Waals surface area contributed by atoms with Crippen LogP contribution in [0.2, 0.25) is 5.02 Å². The van der Waals surface area contributed by atoms with E-state index >= 15 is 0 Å². The zero-order valence-corrected chi connectivity index (χ0v) is 19.9. The molecule has 0 bridgehead atoms. The molecule has 184 valence electrons. The first kappa shape index (κ1) is 23.7. The Kier molecular flexibility index (Phi) is 6.51. The van der Waals surface area contributed by atoms with Crippen LogP contribution in [0.15, 0.2) is 65.8 Å². The van der Waals surface area contributed by atoms with Crippen molar-refractivity contribution in [1.29, 1.82) is 0 Å². The summed E-state index contributed by atoms with van der Waals surface area (Å²) < 4.78 is 16.8. The monoisotopic (exact) mass is 508 g/mol. The summed E-state index contributed by atoms with van der Waals surface area (Å²) in [6.07, 6.45) is 2.91. The lowest BCUT2D eigenvalue weighted by atomic mass is 10.1. The Morgan fingerprint density at radius 2 is 1.92 bits per heavy atom. The minimum atomic E-state index is -0.466. The third kappa shape index (κ3) is 4.72. The van der Waals surface area contributed by atoms with E-state index in [0.29, 0.717) is 40.4 Å².